The molecule has 1 aliphatic rings. The molecule has 4 rings (SSSR count). The Kier molecular flexibility index (Phi) is 10.9. The monoisotopic (exact) mass is 616 g/mol. The van der Waals surface area contributed by atoms with Crippen molar-refractivity contribution >= 4 is 56.6 Å². The molecule has 0 aliphatic carbocycles. The van der Waals surface area contributed by atoms with Gasteiger partial charge in [0.2, 0.25) is 21.8 Å². The maximum absolute atomic E-state index is 14.0. The number of hydrogen-bond acceptors (Lipinski definition) is 7. The predicted octanol–water partition coefficient (Wildman–Crippen LogP) is 3.31. The minimum Gasteiger partial charge on any atom is -0.496 e. The number of likely N-dealkylation sites (N-methyl/N-ethyl adjacent to an activating group) is 1. The number of fused-ring (bicyclic) bond motifs is 2. The molecule has 226 valence electrons. The van der Waals surface area contributed by atoms with Crippen LogP contribution in [0.25, 0.3) is 10.8 Å². The zero-order valence-electron chi connectivity index (χ0n) is 24.1. The number of anilines is 1. The highest BCUT2D eigenvalue weighted by atomic mass is 35.5. The van der Waals surface area contributed by atoms with Crippen molar-refractivity contribution in [3.05, 3.63) is 71.3 Å². The van der Waals surface area contributed by atoms with Crippen molar-refractivity contribution in [2.75, 3.05) is 24.8 Å². The summed E-state index contributed by atoms with van der Waals surface area (Å²) in [6.45, 7) is 3.61. The molecule has 12 heteroatoms. The van der Waals surface area contributed by atoms with Crippen LogP contribution in [0.1, 0.15) is 48.2 Å². The first-order valence-corrected chi connectivity index (χ1v) is 15.2. The summed E-state index contributed by atoms with van der Waals surface area (Å²) >= 11 is 0. The van der Waals surface area contributed by atoms with E-state index in [-0.39, 0.29) is 42.1 Å². The molecule has 3 aromatic rings. The van der Waals surface area contributed by atoms with E-state index in [1.807, 2.05) is 24.3 Å². The molecule has 0 unspecified atom stereocenters. The maximum atomic E-state index is 14.0. The van der Waals surface area contributed by atoms with Crippen molar-refractivity contribution in [2.45, 2.75) is 51.7 Å². The van der Waals surface area contributed by atoms with E-state index >= 15 is 0 Å². The second-order valence-corrected chi connectivity index (χ2v) is 11.9. The van der Waals surface area contributed by atoms with Crippen LogP contribution in [0.4, 0.5) is 5.69 Å². The average molecular weight is 617 g/mol. The van der Waals surface area contributed by atoms with Gasteiger partial charge >= 0.3 is 0 Å². The van der Waals surface area contributed by atoms with E-state index in [2.05, 4.69) is 15.4 Å². The van der Waals surface area contributed by atoms with Gasteiger partial charge in [-0.3, -0.25) is 14.4 Å². The molecule has 0 radical (unpaired) electrons. The number of hydrogen-bond donors (Lipinski definition) is 3. The number of carbonyl (C=O) groups excluding carboxylic acids is 3. The van der Waals surface area contributed by atoms with Gasteiger partial charge in [0.05, 0.1) is 25.4 Å². The van der Waals surface area contributed by atoms with Crippen LogP contribution >= 0.6 is 12.4 Å². The van der Waals surface area contributed by atoms with Gasteiger partial charge in [-0.15, -0.1) is 12.4 Å². The van der Waals surface area contributed by atoms with Gasteiger partial charge in [0.25, 0.3) is 5.91 Å². The molecule has 3 aromatic carbocycles. The second kappa shape index (κ2) is 14.0. The molecule has 42 heavy (non-hydrogen) atoms. The highest BCUT2D eigenvalue weighted by molar-refractivity contribution is 7.90. The fourth-order valence-corrected chi connectivity index (χ4v) is 6.03. The lowest BCUT2D eigenvalue weighted by Crippen LogP contribution is -2.52. The van der Waals surface area contributed by atoms with Gasteiger partial charge in [0.1, 0.15) is 11.8 Å². The maximum Gasteiger partial charge on any atom is 0.264 e. The standard InChI is InChI=1S/C30H36N4O6S.ClH/c1-5-16-41(38,39)33-29(36)22-10-13-23-21(17-22)12-15-27(40-4)24(23)18-34-26-9-7-6-8-20(26)11-14-25(30(34)37)32-28(35)19(2)31-3;/h6-10,12-13,15,17,19,25,31H,5,11,14,16,18H2,1-4H3,(H,32,35)(H,33,36);1H/t19-,25-;/m0./s1. The Morgan fingerprint density at radius 2 is 1.86 bits per heavy atom. The van der Waals surface area contributed by atoms with Crippen LogP contribution in [0.2, 0.25) is 0 Å². The number of ether oxygens (including phenoxy) is 1. The van der Waals surface area contributed by atoms with E-state index in [1.165, 1.54) is 0 Å². The Morgan fingerprint density at radius 1 is 1.12 bits per heavy atom. The molecule has 0 fully saturated rings. The van der Waals surface area contributed by atoms with E-state index < -0.39 is 28.0 Å². The lowest BCUT2D eigenvalue weighted by Gasteiger charge is -2.28. The van der Waals surface area contributed by atoms with E-state index in [9.17, 15) is 22.8 Å². The summed E-state index contributed by atoms with van der Waals surface area (Å²) < 4.78 is 32.1. The summed E-state index contributed by atoms with van der Waals surface area (Å²) in [4.78, 5) is 41.0. The van der Waals surface area contributed by atoms with Crippen molar-refractivity contribution in [3.8, 4) is 5.75 Å². The lowest BCUT2D eigenvalue weighted by atomic mass is 10.00. The number of sulfonamides is 1. The second-order valence-electron chi connectivity index (χ2n) is 10.1. The van der Waals surface area contributed by atoms with Crippen LogP contribution in [-0.2, 0) is 32.6 Å². The molecule has 2 atom stereocenters. The number of methoxy groups -OCH3 is 1. The first kappa shape index (κ1) is 32.8. The zero-order chi connectivity index (χ0) is 29.7. The molecule has 0 aromatic heterocycles. The van der Waals surface area contributed by atoms with E-state index in [0.29, 0.717) is 36.0 Å². The predicted molar refractivity (Wildman–Crippen MR) is 166 cm³/mol. The van der Waals surface area contributed by atoms with Crippen molar-refractivity contribution in [2.24, 2.45) is 0 Å². The van der Waals surface area contributed by atoms with Crippen molar-refractivity contribution in [1.82, 2.24) is 15.4 Å². The van der Waals surface area contributed by atoms with Crippen molar-refractivity contribution in [1.29, 1.82) is 0 Å². The Balaban J connectivity index is 0.00000484. The van der Waals surface area contributed by atoms with Crippen LogP contribution in [0.5, 0.6) is 5.75 Å². The minimum absolute atomic E-state index is 0. The normalized spacial score (nSPS) is 15.7. The third kappa shape index (κ3) is 7.21. The van der Waals surface area contributed by atoms with E-state index in [1.54, 1.807) is 63.2 Å². The summed E-state index contributed by atoms with van der Waals surface area (Å²) in [5.41, 5.74) is 2.66. The van der Waals surface area contributed by atoms with Gasteiger partial charge in [0, 0.05) is 16.8 Å². The summed E-state index contributed by atoms with van der Waals surface area (Å²) in [5, 5.41) is 7.24. The van der Waals surface area contributed by atoms with E-state index in [4.69, 9.17) is 4.74 Å². The smallest absolute Gasteiger partial charge is 0.264 e. The number of benzene rings is 3. The van der Waals surface area contributed by atoms with Gasteiger partial charge in [-0.1, -0.05) is 37.3 Å². The number of nitrogens with one attached hydrogen (secondary N) is 3. The number of carbonyl (C=O) groups is 3. The Hall–Kier alpha value is -3.67. The minimum atomic E-state index is -3.73. The number of rotatable bonds is 10. The lowest BCUT2D eigenvalue weighted by molar-refractivity contribution is -0.128. The van der Waals surface area contributed by atoms with Gasteiger partial charge in [-0.2, -0.15) is 0 Å². The fraction of sp³-hybridized carbons (Fsp3) is 0.367. The third-order valence-corrected chi connectivity index (χ3v) is 8.74. The third-order valence-electron chi connectivity index (χ3n) is 7.30. The molecular weight excluding hydrogens is 580 g/mol. The summed E-state index contributed by atoms with van der Waals surface area (Å²) in [6, 6.07) is 15.0. The highest BCUT2D eigenvalue weighted by Crippen LogP contribution is 2.34. The molecule has 3 N–H and O–H groups in total. The van der Waals surface area contributed by atoms with Gasteiger partial charge in [0.15, 0.2) is 0 Å². The number of halogens is 1. The van der Waals surface area contributed by atoms with Crippen LogP contribution in [0.3, 0.4) is 0 Å². The number of para-hydroxylation sites is 1. The molecule has 0 saturated carbocycles. The van der Waals surface area contributed by atoms with Gasteiger partial charge < -0.3 is 20.3 Å². The first-order chi connectivity index (χ1) is 19.6. The molecule has 0 saturated heterocycles. The molecule has 0 bridgehead atoms. The number of amides is 3. The Bertz CT molecular complexity index is 1580. The molecule has 10 nitrogen and oxygen atoms in total. The zero-order valence-corrected chi connectivity index (χ0v) is 25.7. The van der Waals surface area contributed by atoms with E-state index in [0.717, 1.165) is 16.6 Å². The first-order valence-electron chi connectivity index (χ1n) is 13.6. The van der Waals surface area contributed by atoms with Crippen molar-refractivity contribution < 1.29 is 27.5 Å². The van der Waals surface area contributed by atoms with Crippen LogP contribution in [0.15, 0.2) is 54.6 Å². The largest absolute Gasteiger partial charge is 0.496 e. The molecule has 3 amide bonds. The quantitative estimate of drug-likeness (QED) is 0.318. The number of nitrogens with zero attached hydrogens (tertiary/aromatic N) is 1. The van der Waals surface area contributed by atoms with Crippen LogP contribution < -0.4 is 25.0 Å². The van der Waals surface area contributed by atoms with Crippen LogP contribution in [0, 0.1) is 0 Å². The van der Waals surface area contributed by atoms with Gasteiger partial charge in [-0.05, 0) is 73.8 Å². The fourth-order valence-electron chi connectivity index (χ4n) is 4.99. The highest BCUT2D eigenvalue weighted by Gasteiger charge is 2.33. The molecule has 1 aliphatic heterocycles. The summed E-state index contributed by atoms with van der Waals surface area (Å²) in [6.07, 6.45) is 1.46. The van der Waals surface area contributed by atoms with Gasteiger partial charge in [-0.25, -0.2) is 13.1 Å². The topological polar surface area (TPSA) is 134 Å². The molecular formula is C30H37ClN4O6S. The average Bonchev–Trinajstić information content (AvgIpc) is 3.08. The number of aryl methyl sites for hydroxylation is 1. The van der Waals surface area contributed by atoms with Crippen LogP contribution in [-0.4, -0.2) is 58.1 Å². The summed E-state index contributed by atoms with van der Waals surface area (Å²) in [7, 11) is -0.492. The molecule has 0 spiro atoms. The Labute approximate surface area is 252 Å². The SMILES string of the molecule is CCCS(=O)(=O)NC(=O)c1ccc2c(CN3C(=O)[C@@H](NC(=O)[C@H](C)NC)CCc4ccccc43)c(OC)ccc2c1.Cl. The molecule has 1 heterocycles. The summed E-state index contributed by atoms with van der Waals surface area (Å²) in [5.74, 6) is -0.786. The van der Waals surface area contributed by atoms with Crippen molar-refractivity contribution in [3.63, 3.8) is 0 Å². The Morgan fingerprint density at radius 3 is 2.55 bits per heavy atom.